The fraction of sp³-hybridized carbons (Fsp3) is 0.524. The number of halogens is 3. The van der Waals surface area contributed by atoms with Crippen molar-refractivity contribution in [1.29, 1.82) is 0 Å². The van der Waals surface area contributed by atoms with Crippen molar-refractivity contribution in [2.45, 2.75) is 70.9 Å². The lowest BCUT2D eigenvalue weighted by molar-refractivity contribution is -0.138. The number of hydrogen-bond donors (Lipinski definition) is 1. The zero-order valence-corrected chi connectivity index (χ0v) is 16.0. The number of carboxylic acid groups (broad SMARTS) is 1. The average molecular weight is 397 g/mol. The van der Waals surface area contributed by atoms with Crippen LogP contribution in [0.4, 0.5) is 13.2 Å². The standard InChI is InChI=1S/C21H26F3NO3/c1-15-25-18(12-7-5-3-2-4-6-8-13-19(26)27)20(28-15)16-10-9-11-17(14-16)21(22,23)24/h9-11,14H,2-8,12-13H2,1H3,(H,26,27). The number of unbranched alkanes of at least 4 members (excludes halogenated alkanes) is 6. The Morgan fingerprint density at radius 3 is 2.36 bits per heavy atom. The molecule has 0 saturated heterocycles. The van der Waals surface area contributed by atoms with Gasteiger partial charge >= 0.3 is 12.1 Å². The van der Waals surface area contributed by atoms with Gasteiger partial charge in [0, 0.05) is 18.9 Å². The SMILES string of the molecule is Cc1nc(CCCCCCCCCC(=O)O)c(-c2cccc(C(F)(F)F)c2)o1. The number of oxazole rings is 1. The molecule has 1 aromatic carbocycles. The third-order valence-electron chi connectivity index (χ3n) is 4.56. The minimum atomic E-state index is -4.39. The van der Waals surface area contributed by atoms with Crippen molar-refractivity contribution in [2.24, 2.45) is 0 Å². The van der Waals surface area contributed by atoms with Crippen molar-refractivity contribution in [1.82, 2.24) is 4.98 Å². The first-order chi connectivity index (χ1) is 13.3. The average Bonchev–Trinajstić information content (AvgIpc) is 3.00. The Morgan fingerprint density at radius 1 is 1.07 bits per heavy atom. The summed E-state index contributed by atoms with van der Waals surface area (Å²) in [5.74, 6) is 0.109. The van der Waals surface area contributed by atoms with Gasteiger partial charge in [-0.2, -0.15) is 13.2 Å². The molecule has 7 heteroatoms. The second-order valence-corrected chi connectivity index (χ2v) is 6.96. The summed E-state index contributed by atoms with van der Waals surface area (Å²) in [6.45, 7) is 1.69. The molecule has 0 fully saturated rings. The molecule has 1 heterocycles. The molecule has 0 radical (unpaired) electrons. The van der Waals surface area contributed by atoms with E-state index in [0.717, 1.165) is 50.7 Å². The maximum Gasteiger partial charge on any atom is 0.416 e. The van der Waals surface area contributed by atoms with Crippen LogP contribution in [-0.4, -0.2) is 16.1 Å². The number of aromatic nitrogens is 1. The Morgan fingerprint density at radius 2 is 1.71 bits per heavy atom. The van der Waals surface area contributed by atoms with Crippen molar-refractivity contribution >= 4 is 5.97 Å². The highest BCUT2D eigenvalue weighted by molar-refractivity contribution is 5.66. The van der Waals surface area contributed by atoms with E-state index >= 15 is 0 Å². The normalized spacial score (nSPS) is 11.7. The summed E-state index contributed by atoms with van der Waals surface area (Å²) in [6.07, 6.45) is 3.12. The smallest absolute Gasteiger partial charge is 0.416 e. The van der Waals surface area contributed by atoms with Crippen molar-refractivity contribution in [3.63, 3.8) is 0 Å². The van der Waals surface area contributed by atoms with Gasteiger partial charge in [-0.05, 0) is 31.4 Å². The molecule has 1 aromatic heterocycles. The van der Waals surface area contributed by atoms with Crippen molar-refractivity contribution in [3.05, 3.63) is 41.4 Å². The lowest BCUT2D eigenvalue weighted by Gasteiger charge is -2.08. The topological polar surface area (TPSA) is 63.3 Å². The van der Waals surface area contributed by atoms with E-state index in [4.69, 9.17) is 9.52 Å². The van der Waals surface area contributed by atoms with E-state index in [9.17, 15) is 18.0 Å². The molecule has 4 nitrogen and oxygen atoms in total. The number of aliphatic carboxylic acids is 1. The summed E-state index contributed by atoms with van der Waals surface area (Å²) in [6, 6.07) is 5.13. The number of alkyl halides is 3. The van der Waals surface area contributed by atoms with Gasteiger partial charge in [-0.25, -0.2) is 4.98 Å². The van der Waals surface area contributed by atoms with Gasteiger partial charge in [0.15, 0.2) is 11.7 Å². The monoisotopic (exact) mass is 397 g/mol. The first-order valence-electron chi connectivity index (χ1n) is 9.63. The first-order valence-corrected chi connectivity index (χ1v) is 9.63. The highest BCUT2D eigenvalue weighted by Crippen LogP contribution is 2.33. The minimum Gasteiger partial charge on any atom is -0.481 e. The number of aryl methyl sites for hydroxylation is 2. The van der Waals surface area contributed by atoms with E-state index in [1.165, 1.54) is 6.07 Å². The van der Waals surface area contributed by atoms with Crippen molar-refractivity contribution < 1.29 is 27.5 Å². The molecule has 0 amide bonds. The molecule has 154 valence electrons. The second kappa shape index (κ2) is 10.3. The lowest BCUT2D eigenvalue weighted by Crippen LogP contribution is -2.04. The molecule has 2 aromatic rings. The predicted molar refractivity (Wildman–Crippen MR) is 100.0 cm³/mol. The van der Waals surface area contributed by atoms with Gasteiger partial charge in [0.2, 0.25) is 0 Å². The Kier molecular flexibility index (Phi) is 8.08. The third kappa shape index (κ3) is 7.02. The number of hydrogen-bond acceptors (Lipinski definition) is 3. The van der Waals surface area contributed by atoms with Crippen LogP contribution in [0.25, 0.3) is 11.3 Å². The van der Waals surface area contributed by atoms with Crippen LogP contribution < -0.4 is 0 Å². The molecule has 0 aliphatic heterocycles. The van der Waals surface area contributed by atoms with Crippen LogP contribution in [0.2, 0.25) is 0 Å². The van der Waals surface area contributed by atoms with Crippen LogP contribution in [0.5, 0.6) is 0 Å². The van der Waals surface area contributed by atoms with Gasteiger partial charge in [0.1, 0.15) is 0 Å². The zero-order valence-electron chi connectivity index (χ0n) is 16.0. The summed E-state index contributed by atoms with van der Waals surface area (Å²) in [5.41, 5.74) is 0.384. The highest BCUT2D eigenvalue weighted by atomic mass is 19.4. The molecule has 28 heavy (non-hydrogen) atoms. The molecular weight excluding hydrogens is 371 g/mol. The number of carboxylic acids is 1. The van der Waals surface area contributed by atoms with Crippen LogP contribution in [0.15, 0.2) is 28.7 Å². The summed E-state index contributed by atoms with van der Waals surface area (Å²) in [7, 11) is 0. The largest absolute Gasteiger partial charge is 0.481 e. The summed E-state index contributed by atoms with van der Waals surface area (Å²) < 4.78 is 44.4. The van der Waals surface area contributed by atoms with Gasteiger partial charge < -0.3 is 9.52 Å². The lowest BCUT2D eigenvalue weighted by atomic mass is 10.0. The minimum absolute atomic E-state index is 0.226. The van der Waals surface area contributed by atoms with E-state index in [-0.39, 0.29) is 6.42 Å². The molecule has 2 rings (SSSR count). The number of rotatable bonds is 11. The Hall–Kier alpha value is -2.31. The fourth-order valence-electron chi connectivity index (χ4n) is 3.15. The van der Waals surface area contributed by atoms with E-state index < -0.39 is 17.7 Å². The predicted octanol–water partition coefficient (Wildman–Crippen LogP) is 6.42. The first kappa shape index (κ1) is 22.0. The molecular formula is C21H26F3NO3. The summed E-state index contributed by atoms with van der Waals surface area (Å²) in [4.78, 5) is 14.8. The maximum atomic E-state index is 13.0. The summed E-state index contributed by atoms with van der Waals surface area (Å²) >= 11 is 0. The van der Waals surface area contributed by atoms with E-state index in [2.05, 4.69) is 4.98 Å². The number of carbonyl (C=O) groups is 1. The van der Waals surface area contributed by atoms with Crippen LogP contribution in [0.1, 0.15) is 68.5 Å². The Labute approximate surface area is 162 Å². The molecule has 0 atom stereocenters. The maximum absolute atomic E-state index is 13.0. The fourth-order valence-corrected chi connectivity index (χ4v) is 3.15. The van der Waals surface area contributed by atoms with Crippen molar-refractivity contribution in [3.8, 4) is 11.3 Å². The molecule has 0 unspecified atom stereocenters. The third-order valence-corrected chi connectivity index (χ3v) is 4.56. The van der Waals surface area contributed by atoms with Crippen LogP contribution in [-0.2, 0) is 17.4 Å². The zero-order chi connectivity index (χ0) is 20.6. The van der Waals surface area contributed by atoms with Gasteiger partial charge in [-0.3, -0.25) is 4.79 Å². The summed E-state index contributed by atoms with van der Waals surface area (Å²) in [5, 5.41) is 8.59. The van der Waals surface area contributed by atoms with E-state index in [1.54, 1.807) is 13.0 Å². The number of nitrogens with zero attached hydrogens (tertiary/aromatic N) is 1. The number of benzene rings is 1. The molecule has 0 aliphatic rings. The second-order valence-electron chi connectivity index (χ2n) is 6.96. The van der Waals surface area contributed by atoms with Crippen molar-refractivity contribution in [2.75, 3.05) is 0 Å². The van der Waals surface area contributed by atoms with E-state index in [1.807, 2.05) is 0 Å². The van der Waals surface area contributed by atoms with Crippen LogP contribution >= 0.6 is 0 Å². The molecule has 1 N–H and O–H groups in total. The molecule has 0 spiro atoms. The van der Waals surface area contributed by atoms with E-state index in [0.29, 0.717) is 35.7 Å². The Balaban J connectivity index is 1.84. The molecule has 0 saturated carbocycles. The van der Waals surface area contributed by atoms with Gasteiger partial charge in [-0.15, -0.1) is 0 Å². The highest BCUT2D eigenvalue weighted by Gasteiger charge is 2.31. The van der Waals surface area contributed by atoms with Gasteiger partial charge in [-0.1, -0.05) is 44.2 Å². The molecule has 0 bridgehead atoms. The van der Waals surface area contributed by atoms with Gasteiger partial charge in [0.25, 0.3) is 0 Å². The van der Waals surface area contributed by atoms with Gasteiger partial charge in [0.05, 0.1) is 11.3 Å². The Bertz CT molecular complexity index is 768. The molecule has 0 aliphatic carbocycles. The quantitative estimate of drug-likeness (QED) is 0.445. The van der Waals surface area contributed by atoms with Crippen LogP contribution in [0.3, 0.4) is 0 Å². The van der Waals surface area contributed by atoms with Crippen LogP contribution in [0, 0.1) is 6.92 Å².